The Morgan fingerprint density at radius 1 is 1.21 bits per heavy atom. The first kappa shape index (κ1) is 24.3. The number of nitrogens with zero attached hydrogens (tertiary/aromatic N) is 1. The van der Waals surface area contributed by atoms with Crippen molar-refractivity contribution in [2.75, 3.05) is 33.8 Å². The van der Waals surface area contributed by atoms with E-state index in [1.54, 1.807) is 26.3 Å². The normalized spacial score (nSPS) is 10.0. The minimum Gasteiger partial charge on any atom is -0.493 e. The van der Waals surface area contributed by atoms with Crippen molar-refractivity contribution >= 4 is 18.3 Å². The maximum absolute atomic E-state index is 13.3. The molecular weight excluding hydrogens is 395 g/mol. The summed E-state index contributed by atoms with van der Waals surface area (Å²) < 4.78 is 24.5. The van der Waals surface area contributed by atoms with Crippen molar-refractivity contribution in [3.05, 3.63) is 59.4 Å². The van der Waals surface area contributed by atoms with Crippen LogP contribution in [0.25, 0.3) is 0 Å². The van der Waals surface area contributed by atoms with Crippen molar-refractivity contribution in [1.29, 1.82) is 0 Å². The fraction of sp³-hybridized carbons (Fsp3) is 0.318. The minimum atomic E-state index is -0.295. The zero-order valence-corrected chi connectivity index (χ0v) is 17.4. The van der Waals surface area contributed by atoms with E-state index in [9.17, 15) is 9.18 Å². The van der Waals surface area contributed by atoms with Crippen LogP contribution in [-0.4, -0.2) is 44.6 Å². The Balaban J connectivity index is 0.00000420. The number of carbonyl (C=O) groups is 1. The van der Waals surface area contributed by atoms with E-state index in [1.165, 1.54) is 12.1 Å². The second-order valence-corrected chi connectivity index (χ2v) is 6.24. The number of likely N-dealkylation sites (N-methyl/N-ethyl adjacent to an activating group) is 1. The number of methoxy groups -OCH3 is 1. The van der Waals surface area contributed by atoms with Crippen LogP contribution >= 0.6 is 12.4 Å². The minimum absolute atomic E-state index is 0. The molecule has 0 radical (unpaired) electrons. The number of nitrogens with one attached hydrogen (secondary N) is 1. The lowest BCUT2D eigenvalue weighted by molar-refractivity contribution is -0.121. The van der Waals surface area contributed by atoms with E-state index in [-0.39, 0.29) is 37.3 Å². The molecule has 156 valence electrons. The number of benzene rings is 2. The van der Waals surface area contributed by atoms with Crippen LogP contribution in [0, 0.1) is 18.2 Å². The van der Waals surface area contributed by atoms with E-state index in [1.807, 2.05) is 23.1 Å². The molecule has 0 aliphatic heterocycles. The Hall–Kier alpha value is -2.75. The molecule has 1 N–H and O–H groups in total. The van der Waals surface area contributed by atoms with Gasteiger partial charge in [0.2, 0.25) is 5.91 Å². The summed E-state index contributed by atoms with van der Waals surface area (Å²) in [5, 5.41) is 2.60. The molecule has 0 saturated carbocycles. The van der Waals surface area contributed by atoms with Crippen LogP contribution in [0.1, 0.15) is 11.1 Å². The van der Waals surface area contributed by atoms with Gasteiger partial charge in [0.15, 0.2) is 11.5 Å². The summed E-state index contributed by atoms with van der Waals surface area (Å²) in [5.74, 6) is 3.39. The quantitative estimate of drug-likeness (QED) is 0.600. The Morgan fingerprint density at radius 2 is 2.00 bits per heavy atom. The standard InChI is InChI=1S/C22H25FN2O3.ClH/c1-4-11-25(15-22(26)24-2)12-10-17-8-9-20(21(14-17)27-3)28-16-18-6-5-7-19(23)13-18;/h1,5-9,13-14H,10-12,15-16H2,2-3H3,(H,24,26);1H. The summed E-state index contributed by atoms with van der Waals surface area (Å²) in [4.78, 5) is 13.5. The van der Waals surface area contributed by atoms with E-state index in [2.05, 4.69) is 11.2 Å². The van der Waals surface area contributed by atoms with Gasteiger partial charge in [-0.15, -0.1) is 18.8 Å². The summed E-state index contributed by atoms with van der Waals surface area (Å²) in [7, 11) is 3.17. The average molecular weight is 421 g/mol. The molecule has 7 heteroatoms. The van der Waals surface area contributed by atoms with E-state index in [4.69, 9.17) is 15.9 Å². The number of halogens is 2. The van der Waals surface area contributed by atoms with Crippen molar-refractivity contribution in [1.82, 2.24) is 10.2 Å². The first-order chi connectivity index (χ1) is 13.5. The molecule has 1 amide bonds. The number of hydrogen-bond donors (Lipinski definition) is 1. The number of carbonyl (C=O) groups excluding carboxylic acids is 1. The smallest absolute Gasteiger partial charge is 0.233 e. The van der Waals surface area contributed by atoms with Crippen LogP contribution < -0.4 is 14.8 Å². The van der Waals surface area contributed by atoms with Crippen LogP contribution in [0.2, 0.25) is 0 Å². The van der Waals surface area contributed by atoms with Gasteiger partial charge in [0, 0.05) is 13.6 Å². The zero-order chi connectivity index (χ0) is 20.4. The van der Waals surface area contributed by atoms with Crippen molar-refractivity contribution in [2.45, 2.75) is 13.0 Å². The number of hydrogen-bond acceptors (Lipinski definition) is 4. The molecule has 0 aromatic heterocycles. The third-order valence-corrected chi connectivity index (χ3v) is 4.19. The highest BCUT2D eigenvalue weighted by atomic mass is 35.5. The van der Waals surface area contributed by atoms with E-state index < -0.39 is 0 Å². The van der Waals surface area contributed by atoms with Gasteiger partial charge in [-0.2, -0.15) is 0 Å². The van der Waals surface area contributed by atoms with Gasteiger partial charge in [0.1, 0.15) is 12.4 Å². The van der Waals surface area contributed by atoms with Crippen molar-refractivity contribution < 1.29 is 18.7 Å². The van der Waals surface area contributed by atoms with Crippen LogP contribution in [0.5, 0.6) is 11.5 Å². The summed E-state index contributed by atoms with van der Waals surface area (Å²) in [6.45, 7) is 1.55. The SMILES string of the molecule is C#CCN(CCc1ccc(OCc2cccc(F)c2)c(OC)c1)CC(=O)NC.Cl. The van der Waals surface area contributed by atoms with E-state index >= 15 is 0 Å². The van der Waals surface area contributed by atoms with Crippen LogP contribution in [-0.2, 0) is 17.8 Å². The second kappa shape index (κ2) is 12.7. The van der Waals surface area contributed by atoms with Crippen LogP contribution in [0.4, 0.5) is 4.39 Å². The lowest BCUT2D eigenvalue weighted by Crippen LogP contribution is -2.37. The number of amides is 1. The van der Waals surface area contributed by atoms with E-state index in [0.717, 1.165) is 11.1 Å². The molecule has 0 atom stereocenters. The first-order valence-electron chi connectivity index (χ1n) is 8.96. The third kappa shape index (κ3) is 8.02. The second-order valence-electron chi connectivity index (χ2n) is 6.24. The van der Waals surface area contributed by atoms with Crippen LogP contribution in [0.3, 0.4) is 0 Å². The zero-order valence-electron chi connectivity index (χ0n) is 16.6. The van der Waals surface area contributed by atoms with Gasteiger partial charge in [-0.25, -0.2) is 4.39 Å². The molecule has 5 nitrogen and oxygen atoms in total. The molecule has 0 unspecified atom stereocenters. The number of ether oxygens (including phenoxy) is 2. The molecule has 0 heterocycles. The lowest BCUT2D eigenvalue weighted by Gasteiger charge is -2.19. The van der Waals surface area contributed by atoms with E-state index in [0.29, 0.717) is 31.0 Å². The molecule has 0 bridgehead atoms. The molecule has 0 aliphatic carbocycles. The van der Waals surface area contributed by atoms with Crippen LogP contribution in [0.15, 0.2) is 42.5 Å². The highest BCUT2D eigenvalue weighted by Crippen LogP contribution is 2.29. The number of rotatable bonds is 10. The summed E-state index contributed by atoms with van der Waals surface area (Å²) in [6, 6.07) is 12.0. The van der Waals surface area contributed by atoms with Gasteiger partial charge in [-0.3, -0.25) is 9.69 Å². The Bertz CT molecular complexity index is 839. The highest BCUT2D eigenvalue weighted by Gasteiger charge is 2.11. The number of terminal acetylenes is 1. The summed E-state index contributed by atoms with van der Waals surface area (Å²) in [6.07, 6.45) is 6.10. The molecule has 0 spiro atoms. The van der Waals surface area contributed by atoms with Gasteiger partial charge >= 0.3 is 0 Å². The lowest BCUT2D eigenvalue weighted by atomic mass is 10.1. The molecular formula is C22H26ClFN2O3. The third-order valence-electron chi connectivity index (χ3n) is 4.19. The predicted molar refractivity (Wildman–Crippen MR) is 114 cm³/mol. The molecule has 29 heavy (non-hydrogen) atoms. The summed E-state index contributed by atoms with van der Waals surface area (Å²) in [5.41, 5.74) is 1.78. The van der Waals surface area contributed by atoms with Gasteiger partial charge in [-0.05, 0) is 41.8 Å². The molecule has 0 aliphatic rings. The monoisotopic (exact) mass is 420 g/mol. The Morgan fingerprint density at radius 3 is 2.66 bits per heavy atom. The fourth-order valence-corrected chi connectivity index (χ4v) is 2.69. The van der Waals surface area contributed by atoms with Gasteiger partial charge < -0.3 is 14.8 Å². The highest BCUT2D eigenvalue weighted by molar-refractivity contribution is 5.85. The molecule has 0 fully saturated rings. The average Bonchev–Trinajstić information content (AvgIpc) is 2.70. The van der Waals surface area contributed by atoms with Gasteiger partial charge in [-0.1, -0.05) is 24.1 Å². The van der Waals surface area contributed by atoms with Crippen molar-refractivity contribution in [2.24, 2.45) is 0 Å². The molecule has 2 rings (SSSR count). The summed E-state index contributed by atoms with van der Waals surface area (Å²) >= 11 is 0. The van der Waals surface area contributed by atoms with Crippen molar-refractivity contribution in [3.63, 3.8) is 0 Å². The molecule has 2 aromatic rings. The maximum atomic E-state index is 13.3. The topological polar surface area (TPSA) is 50.8 Å². The van der Waals surface area contributed by atoms with Crippen molar-refractivity contribution in [3.8, 4) is 23.8 Å². The largest absolute Gasteiger partial charge is 0.493 e. The first-order valence-corrected chi connectivity index (χ1v) is 8.96. The molecule has 0 saturated heterocycles. The fourth-order valence-electron chi connectivity index (χ4n) is 2.69. The Kier molecular flexibility index (Phi) is 10.6. The van der Waals surface area contributed by atoms with Gasteiger partial charge in [0.25, 0.3) is 0 Å². The molecule has 2 aromatic carbocycles. The Labute approximate surface area is 177 Å². The maximum Gasteiger partial charge on any atom is 0.233 e. The van der Waals surface area contributed by atoms with Gasteiger partial charge in [0.05, 0.1) is 20.2 Å². The predicted octanol–water partition coefficient (Wildman–Crippen LogP) is 3.06.